The van der Waals surface area contributed by atoms with Crippen LogP contribution in [0.3, 0.4) is 0 Å². The molecule has 0 aliphatic carbocycles. The first-order valence-electron chi connectivity index (χ1n) is 13.5. The first-order valence-corrected chi connectivity index (χ1v) is 15.2. The van der Waals surface area contributed by atoms with Gasteiger partial charge in [-0.15, -0.1) is 0 Å². The molecule has 3 heterocycles. The van der Waals surface area contributed by atoms with E-state index in [9.17, 15) is 9.36 Å². The zero-order valence-electron chi connectivity index (χ0n) is 22.4. The lowest BCUT2D eigenvalue weighted by atomic mass is 10.1. The Morgan fingerprint density at radius 1 is 1.00 bits per heavy atom. The van der Waals surface area contributed by atoms with E-state index in [1.54, 1.807) is 13.2 Å². The van der Waals surface area contributed by atoms with Gasteiger partial charge in [-0.1, -0.05) is 0 Å². The van der Waals surface area contributed by atoms with E-state index < -0.39 is 7.60 Å². The monoisotopic (exact) mass is 536 g/mol. The van der Waals surface area contributed by atoms with Crippen molar-refractivity contribution in [3.05, 3.63) is 17.7 Å². The Bertz CT molecular complexity index is 988. The molecular formula is C26H41N4O6P. The molecule has 2 fully saturated rings. The van der Waals surface area contributed by atoms with E-state index >= 15 is 0 Å². The Hall–Kier alpha value is -1.97. The van der Waals surface area contributed by atoms with Gasteiger partial charge in [0, 0.05) is 58.1 Å². The van der Waals surface area contributed by atoms with Gasteiger partial charge in [0.15, 0.2) is 11.5 Å². The summed E-state index contributed by atoms with van der Waals surface area (Å²) in [6, 6.07) is 3.67. The maximum absolute atomic E-state index is 13.0. The zero-order chi connectivity index (χ0) is 26.3. The number of methoxy groups -OCH3 is 1. The van der Waals surface area contributed by atoms with Crippen LogP contribution in [0.15, 0.2) is 17.1 Å². The fraction of sp³-hybridized carbons (Fsp3) is 0.692. The summed E-state index contributed by atoms with van der Waals surface area (Å²) in [7, 11) is -1.39. The smallest absolute Gasteiger partial charge is 0.331 e. The van der Waals surface area contributed by atoms with Crippen molar-refractivity contribution in [1.82, 2.24) is 14.7 Å². The standard InChI is InChI=1S/C26H41N4O6P/c1-4-35-37(32,36-5-2)17-15-29-13-11-28(12-14-29)9-7-16-34-25-19-23-22(18-24(25)33-3)26(31)30-10-6-8-21(30)20-27-23/h18-21H,4-17H2,1-3H3/t21-/m0/s1. The Morgan fingerprint density at radius 2 is 1.70 bits per heavy atom. The molecule has 1 aromatic rings. The van der Waals surface area contributed by atoms with E-state index in [4.69, 9.17) is 18.5 Å². The summed E-state index contributed by atoms with van der Waals surface area (Å²) in [5.74, 6) is 1.19. The molecule has 3 aliphatic rings. The van der Waals surface area contributed by atoms with Gasteiger partial charge in [-0.25, -0.2) is 0 Å². The molecule has 0 radical (unpaired) electrons. The van der Waals surface area contributed by atoms with Gasteiger partial charge in [-0.3, -0.25) is 14.4 Å². The summed E-state index contributed by atoms with van der Waals surface area (Å²) >= 11 is 0. The molecule has 0 saturated carbocycles. The summed E-state index contributed by atoms with van der Waals surface area (Å²) in [5.41, 5.74) is 1.21. The molecular weight excluding hydrogens is 495 g/mol. The quantitative estimate of drug-likeness (QED) is 0.279. The van der Waals surface area contributed by atoms with Crippen molar-refractivity contribution in [2.75, 3.05) is 78.9 Å². The lowest BCUT2D eigenvalue weighted by molar-refractivity contribution is 0.0774. The molecule has 1 atom stereocenters. The lowest BCUT2D eigenvalue weighted by Gasteiger charge is -2.35. The van der Waals surface area contributed by atoms with Crippen LogP contribution in [0.25, 0.3) is 0 Å². The number of piperazine rings is 1. The lowest BCUT2D eigenvalue weighted by Crippen LogP contribution is -2.47. The predicted octanol–water partition coefficient (Wildman–Crippen LogP) is 3.67. The molecule has 1 amide bonds. The van der Waals surface area contributed by atoms with Crippen LogP contribution in [-0.2, 0) is 13.6 Å². The van der Waals surface area contributed by atoms with Crippen molar-refractivity contribution in [3.8, 4) is 11.5 Å². The van der Waals surface area contributed by atoms with Gasteiger partial charge < -0.3 is 33.2 Å². The van der Waals surface area contributed by atoms with Crippen molar-refractivity contribution in [2.45, 2.75) is 39.2 Å². The number of aliphatic imine (C=N–C) groups is 1. The van der Waals surface area contributed by atoms with Crippen LogP contribution >= 0.6 is 7.60 Å². The molecule has 0 unspecified atom stereocenters. The number of hydrogen-bond donors (Lipinski definition) is 0. The Kier molecular flexibility index (Phi) is 10.0. The van der Waals surface area contributed by atoms with Crippen molar-refractivity contribution in [3.63, 3.8) is 0 Å². The van der Waals surface area contributed by atoms with E-state index in [1.165, 1.54) is 0 Å². The van der Waals surface area contributed by atoms with Crippen LogP contribution in [0, 0.1) is 0 Å². The molecule has 0 aromatic heterocycles. The summed E-state index contributed by atoms with van der Waals surface area (Å²) in [4.78, 5) is 24.3. The Morgan fingerprint density at radius 3 is 2.38 bits per heavy atom. The SMILES string of the molecule is CCOP(=O)(CCN1CCN(CCCOc2cc3c(cc2OC)C(=O)N2CCC[C@H]2C=N3)CC1)OCC. The second-order valence-corrected chi connectivity index (χ2v) is 11.7. The number of amides is 1. The zero-order valence-corrected chi connectivity index (χ0v) is 23.3. The minimum Gasteiger partial charge on any atom is -0.493 e. The van der Waals surface area contributed by atoms with E-state index in [0.717, 1.165) is 65.1 Å². The average Bonchev–Trinajstić information content (AvgIpc) is 3.33. The molecule has 206 valence electrons. The molecule has 0 bridgehead atoms. The predicted molar refractivity (Wildman–Crippen MR) is 144 cm³/mol. The van der Waals surface area contributed by atoms with Gasteiger partial charge in [0.25, 0.3) is 5.91 Å². The third-order valence-electron chi connectivity index (χ3n) is 7.14. The fourth-order valence-electron chi connectivity index (χ4n) is 5.15. The van der Waals surface area contributed by atoms with Crippen LogP contribution in [-0.4, -0.2) is 112 Å². The number of carbonyl (C=O) groups is 1. The normalized spacial score (nSPS) is 20.6. The molecule has 11 heteroatoms. The highest BCUT2D eigenvalue weighted by molar-refractivity contribution is 7.53. The molecule has 0 spiro atoms. The third kappa shape index (κ3) is 7.12. The second kappa shape index (κ2) is 13.2. The molecule has 0 N–H and O–H groups in total. The van der Waals surface area contributed by atoms with Crippen LogP contribution < -0.4 is 9.47 Å². The molecule has 37 heavy (non-hydrogen) atoms. The largest absolute Gasteiger partial charge is 0.493 e. The number of fused-ring (bicyclic) bond motifs is 2. The number of ether oxygens (including phenoxy) is 2. The van der Waals surface area contributed by atoms with Gasteiger partial charge >= 0.3 is 7.60 Å². The van der Waals surface area contributed by atoms with Gasteiger partial charge in [-0.05, 0) is 39.2 Å². The summed E-state index contributed by atoms with van der Waals surface area (Å²) in [5, 5.41) is 0. The van der Waals surface area contributed by atoms with E-state index in [2.05, 4.69) is 14.8 Å². The Labute approximate surface area is 220 Å². The highest BCUT2D eigenvalue weighted by Crippen LogP contribution is 2.47. The van der Waals surface area contributed by atoms with Gasteiger partial charge in [0.05, 0.1) is 50.4 Å². The topological polar surface area (TPSA) is 93.1 Å². The molecule has 4 rings (SSSR count). The van der Waals surface area contributed by atoms with E-state index in [0.29, 0.717) is 48.7 Å². The summed E-state index contributed by atoms with van der Waals surface area (Å²) in [6.45, 7) is 11.2. The first-order chi connectivity index (χ1) is 18.0. The minimum atomic E-state index is -2.99. The molecule has 10 nitrogen and oxygen atoms in total. The number of carbonyl (C=O) groups excluding carboxylic acids is 1. The maximum Gasteiger partial charge on any atom is 0.331 e. The van der Waals surface area contributed by atoms with Crippen LogP contribution in [0.4, 0.5) is 5.69 Å². The number of benzene rings is 1. The van der Waals surface area contributed by atoms with Crippen LogP contribution in [0.5, 0.6) is 11.5 Å². The van der Waals surface area contributed by atoms with E-state index in [1.807, 2.05) is 31.0 Å². The average molecular weight is 537 g/mol. The highest BCUT2D eigenvalue weighted by atomic mass is 31.2. The van der Waals surface area contributed by atoms with Gasteiger partial charge in [-0.2, -0.15) is 0 Å². The Balaban J connectivity index is 1.22. The third-order valence-corrected chi connectivity index (χ3v) is 9.19. The van der Waals surface area contributed by atoms with Crippen LogP contribution in [0.1, 0.15) is 43.5 Å². The van der Waals surface area contributed by atoms with Crippen molar-refractivity contribution in [1.29, 1.82) is 0 Å². The van der Waals surface area contributed by atoms with Gasteiger partial charge in [0.1, 0.15) is 0 Å². The molecule has 1 aromatic carbocycles. The first kappa shape index (κ1) is 28.0. The number of hydrogen-bond acceptors (Lipinski definition) is 9. The van der Waals surface area contributed by atoms with Crippen molar-refractivity contribution in [2.24, 2.45) is 4.99 Å². The maximum atomic E-state index is 13.0. The summed E-state index contributed by atoms with van der Waals surface area (Å²) in [6.07, 6.45) is 5.16. The second-order valence-electron chi connectivity index (χ2n) is 9.56. The highest BCUT2D eigenvalue weighted by Gasteiger charge is 2.32. The molecule has 2 saturated heterocycles. The van der Waals surface area contributed by atoms with Crippen molar-refractivity contribution < 1.29 is 27.9 Å². The number of rotatable bonds is 13. The minimum absolute atomic E-state index is 0.0117. The van der Waals surface area contributed by atoms with E-state index in [-0.39, 0.29) is 11.9 Å². The van der Waals surface area contributed by atoms with Crippen LogP contribution in [0.2, 0.25) is 0 Å². The molecule has 3 aliphatic heterocycles. The number of nitrogens with zero attached hydrogens (tertiary/aromatic N) is 4. The fourth-order valence-corrected chi connectivity index (χ4v) is 6.80. The van der Waals surface area contributed by atoms with Gasteiger partial charge in [0.2, 0.25) is 0 Å². The van der Waals surface area contributed by atoms with Crippen molar-refractivity contribution >= 4 is 25.4 Å². The summed E-state index contributed by atoms with van der Waals surface area (Å²) < 4.78 is 35.1.